The first kappa shape index (κ1) is 10.6. The molecule has 4 aliphatic rings. The van der Waals surface area contributed by atoms with Crippen LogP contribution in [0.1, 0.15) is 38.5 Å². The number of rotatable bonds is 3. The van der Waals surface area contributed by atoms with Crippen molar-refractivity contribution >= 4 is 5.91 Å². The van der Waals surface area contributed by atoms with Crippen molar-refractivity contribution in [2.45, 2.75) is 44.1 Å². The van der Waals surface area contributed by atoms with Crippen molar-refractivity contribution in [3.8, 4) is 0 Å². The molecule has 0 heterocycles. The molecule has 4 rings (SSSR count). The standard InChI is InChI=1S/C13H21NO2/c1-16-8-12(15)14-13-5-9-2-10(6-13)4-11(3-9)7-13/h9-11H,2-8H2,1H3,(H,14,15). The Labute approximate surface area is 96.9 Å². The van der Waals surface area contributed by atoms with E-state index in [-0.39, 0.29) is 18.1 Å². The van der Waals surface area contributed by atoms with E-state index in [1.165, 1.54) is 38.5 Å². The molecule has 4 saturated carbocycles. The van der Waals surface area contributed by atoms with Gasteiger partial charge in [-0.15, -0.1) is 0 Å². The number of carbonyl (C=O) groups excluding carboxylic acids is 1. The molecule has 0 aromatic carbocycles. The van der Waals surface area contributed by atoms with E-state index in [2.05, 4.69) is 5.32 Å². The molecule has 4 aliphatic carbocycles. The molecule has 0 aromatic rings. The average molecular weight is 223 g/mol. The van der Waals surface area contributed by atoms with E-state index in [4.69, 9.17) is 4.74 Å². The van der Waals surface area contributed by atoms with E-state index < -0.39 is 0 Å². The lowest BCUT2D eigenvalue weighted by atomic mass is 9.53. The average Bonchev–Trinajstić information content (AvgIpc) is 2.13. The highest BCUT2D eigenvalue weighted by Crippen LogP contribution is 2.55. The molecule has 1 amide bonds. The van der Waals surface area contributed by atoms with Crippen LogP contribution in [0.15, 0.2) is 0 Å². The van der Waals surface area contributed by atoms with E-state index in [1.807, 2.05) is 0 Å². The largest absolute Gasteiger partial charge is 0.375 e. The van der Waals surface area contributed by atoms with Gasteiger partial charge in [-0.1, -0.05) is 0 Å². The van der Waals surface area contributed by atoms with Gasteiger partial charge in [0.05, 0.1) is 0 Å². The minimum atomic E-state index is 0.0736. The molecule has 0 atom stereocenters. The second kappa shape index (κ2) is 3.73. The zero-order valence-corrected chi connectivity index (χ0v) is 10.00. The molecule has 0 spiro atoms. The van der Waals surface area contributed by atoms with Crippen LogP contribution < -0.4 is 5.32 Å². The lowest BCUT2D eigenvalue weighted by Crippen LogP contribution is -2.60. The monoisotopic (exact) mass is 223 g/mol. The quantitative estimate of drug-likeness (QED) is 0.791. The van der Waals surface area contributed by atoms with Gasteiger partial charge in [0.2, 0.25) is 5.91 Å². The van der Waals surface area contributed by atoms with Gasteiger partial charge in [0.25, 0.3) is 0 Å². The summed E-state index contributed by atoms with van der Waals surface area (Å²) in [7, 11) is 1.58. The van der Waals surface area contributed by atoms with Crippen LogP contribution in [-0.4, -0.2) is 25.2 Å². The van der Waals surface area contributed by atoms with Crippen LogP contribution in [0.5, 0.6) is 0 Å². The van der Waals surface area contributed by atoms with Gasteiger partial charge in [0.15, 0.2) is 0 Å². The molecule has 4 fully saturated rings. The van der Waals surface area contributed by atoms with Gasteiger partial charge < -0.3 is 10.1 Å². The normalized spacial score (nSPS) is 44.7. The van der Waals surface area contributed by atoms with Gasteiger partial charge in [-0.25, -0.2) is 0 Å². The van der Waals surface area contributed by atoms with E-state index in [1.54, 1.807) is 7.11 Å². The summed E-state index contributed by atoms with van der Waals surface area (Å²) >= 11 is 0. The van der Waals surface area contributed by atoms with E-state index in [0.717, 1.165) is 17.8 Å². The number of hydrogen-bond acceptors (Lipinski definition) is 2. The second-order valence-electron chi connectivity index (χ2n) is 6.18. The van der Waals surface area contributed by atoms with Gasteiger partial charge in [0.1, 0.15) is 6.61 Å². The second-order valence-corrected chi connectivity index (χ2v) is 6.18. The van der Waals surface area contributed by atoms with Crippen LogP contribution in [0.2, 0.25) is 0 Å². The Morgan fingerprint density at radius 3 is 2.12 bits per heavy atom. The lowest BCUT2D eigenvalue weighted by Gasteiger charge is -2.56. The zero-order valence-electron chi connectivity index (χ0n) is 10.00. The van der Waals surface area contributed by atoms with Crippen molar-refractivity contribution in [2.75, 3.05) is 13.7 Å². The van der Waals surface area contributed by atoms with E-state index in [0.29, 0.717) is 0 Å². The number of amides is 1. The SMILES string of the molecule is COCC(=O)NC12CC3CC(CC(C3)C1)C2. The molecule has 3 heteroatoms. The van der Waals surface area contributed by atoms with Crippen LogP contribution in [0.3, 0.4) is 0 Å². The first-order chi connectivity index (χ1) is 7.69. The molecule has 16 heavy (non-hydrogen) atoms. The van der Waals surface area contributed by atoms with Gasteiger partial charge in [-0.05, 0) is 56.3 Å². The molecule has 1 N–H and O–H groups in total. The molecule has 0 unspecified atom stereocenters. The van der Waals surface area contributed by atoms with E-state index >= 15 is 0 Å². The third-order valence-electron chi connectivity index (χ3n) is 4.72. The van der Waals surface area contributed by atoms with E-state index in [9.17, 15) is 4.79 Å². The fraction of sp³-hybridized carbons (Fsp3) is 0.923. The van der Waals surface area contributed by atoms with Crippen LogP contribution in [-0.2, 0) is 9.53 Å². The fourth-order valence-electron chi connectivity index (χ4n) is 4.73. The third-order valence-corrected chi connectivity index (χ3v) is 4.72. The van der Waals surface area contributed by atoms with Crippen molar-refractivity contribution in [1.29, 1.82) is 0 Å². The predicted octanol–water partition coefficient (Wildman–Crippen LogP) is 1.72. The number of hydrogen-bond donors (Lipinski definition) is 1. The van der Waals surface area contributed by atoms with Crippen molar-refractivity contribution < 1.29 is 9.53 Å². The molecule has 0 aliphatic heterocycles. The molecular formula is C13H21NO2. The molecule has 0 aromatic heterocycles. The Hall–Kier alpha value is -0.570. The molecule has 0 radical (unpaired) electrons. The summed E-state index contributed by atoms with van der Waals surface area (Å²) in [6.45, 7) is 0.210. The summed E-state index contributed by atoms with van der Waals surface area (Å²) < 4.78 is 4.91. The highest BCUT2D eigenvalue weighted by atomic mass is 16.5. The van der Waals surface area contributed by atoms with Crippen LogP contribution in [0.25, 0.3) is 0 Å². The van der Waals surface area contributed by atoms with Crippen LogP contribution in [0.4, 0.5) is 0 Å². The van der Waals surface area contributed by atoms with Crippen molar-refractivity contribution in [3.05, 3.63) is 0 Å². The Bertz CT molecular complexity index is 265. The molecule has 0 saturated heterocycles. The van der Waals surface area contributed by atoms with Crippen molar-refractivity contribution in [1.82, 2.24) is 5.32 Å². The van der Waals surface area contributed by atoms with Crippen molar-refractivity contribution in [2.24, 2.45) is 17.8 Å². The zero-order chi connectivity index (χ0) is 11.2. The third kappa shape index (κ3) is 1.75. The Kier molecular flexibility index (Phi) is 2.46. The molecule has 4 bridgehead atoms. The Morgan fingerprint density at radius 1 is 1.19 bits per heavy atom. The number of carbonyl (C=O) groups is 1. The van der Waals surface area contributed by atoms with Gasteiger partial charge in [0, 0.05) is 12.6 Å². The minimum absolute atomic E-state index is 0.0736. The highest BCUT2D eigenvalue weighted by Gasteiger charge is 2.51. The molecule has 90 valence electrons. The maximum Gasteiger partial charge on any atom is 0.246 e. The summed E-state index contributed by atoms with van der Waals surface area (Å²) in [6.07, 6.45) is 7.90. The van der Waals surface area contributed by atoms with Crippen LogP contribution in [0, 0.1) is 17.8 Å². The first-order valence-corrected chi connectivity index (χ1v) is 6.49. The topological polar surface area (TPSA) is 38.3 Å². The maximum absolute atomic E-state index is 11.7. The smallest absolute Gasteiger partial charge is 0.246 e. The summed E-state index contributed by atoms with van der Waals surface area (Å²) in [6, 6.07) is 0. The summed E-state index contributed by atoms with van der Waals surface area (Å²) in [5, 5.41) is 3.26. The van der Waals surface area contributed by atoms with Crippen molar-refractivity contribution in [3.63, 3.8) is 0 Å². The van der Waals surface area contributed by atoms with Gasteiger partial charge in [-0.2, -0.15) is 0 Å². The van der Waals surface area contributed by atoms with Gasteiger partial charge >= 0.3 is 0 Å². The maximum atomic E-state index is 11.7. The highest BCUT2D eigenvalue weighted by molar-refractivity contribution is 5.78. The Morgan fingerprint density at radius 2 is 1.69 bits per heavy atom. The molecule has 3 nitrogen and oxygen atoms in total. The molecular weight excluding hydrogens is 202 g/mol. The fourth-order valence-corrected chi connectivity index (χ4v) is 4.73. The Balaban J connectivity index is 1.71. The number of methoxy groups -OCH3 is 1. The van der Waals surface area contributed by atoms with Gasteiger partial charge in [-0.3, -0.25) is 4.79 Å². The first-order valence-electron chi connectivity index (χ1n) is 6.49. The lowest BCUT2D eigenvalue weighted by molar-refractivity contribution is -0.130. The summed E-state index contributed by atoms with van der Waals surface area (Å²) in [5.41, 5.74) is 0.143. The predicted molar refractivity (Wildman–Crippen MR) is 60.9 cm³/mol. The number of ether oxygens (including phenoxy) is 1. The number of nitrogens with one attached hydrogen (secondary N) is 1. The van der Waals surface area contributed by atoms with Crippen LogP contribution >= 0.6 is 0 Å². The summed E-state index contributed by atoms with van der Waals surface area (Å²) in [4.78, 5) is 11.7. The minimum Gasteiger partial charge on any atom is -0.375 e. The summed E-state index contributed by atoms with van der Waals surface area (Å²) in [5.74, 6) is 2.72.